The standard InChI is InChI=1S/C15H14Cl3NO/c1-8-9(2)19-15(18)7-14(8)20-10(3)12-5-4-11(16)6-13(12)17/h4-7,10H,1-3H3/t10-/m1/s1. The van der Waals surface area contributed by atoms with Gasteiger partial charge in [0.05, 0.1) is 0 Å². The highest BCUT2D eigenvalue weighted by Crippen LogP contribution is 2.32. The zero-order valence-corrected chi connectivity index (χ0v) is 13.6. The first-order valence-corrected chi connectivity index (χ1v) is 7.27. The summed E-state index contributed by atoms with van der Waals surface area (Å²) in [5.74, 6) is 0.709. The smallest absolute Gasteiger partial charge is 0.133 e. The van der Waals surface area contributed by atoms with E-state index in [1.165, 1.54) is 0 Å². The molecule has 0 amide bonds. The van der Waals surface area contributed by atoms with E-state index in [0.29, 0.717) is 20.9 Å². The number of hydrogen-bond acceptors (Lipinski definition) is 2. The van der Waals surface area contributed by atoms with Crippen molar-refractivity contribution in [1.82, 2.24) is 4.98 Å². The first kappa shape index (κ1) is 15.4. The molecule has 1 aromatic heterocycles. The number of benzene rings is 1. The SMILES string of the molecule is Cc1nc(Cl)cc(O[C@H](C)c2ccc(Cl)cc2Cl)c1C. The summed E-state index contributed by atoms with van der Waals surface area (Å²) in [6.07, 6.45) is -0.212. The van der Waals surface area contributed by atoms with Crippen LogP contribution in [0.3, 0.4) is 0 Å². The number of ether oxygens (including phenoxy) is 1. The van der Waals surface area contributed by atoms with E-state index in [9.17, 15) is 0 Å². The molecule has 0 N–H and O–H groups in total. The summed E-state index contributed by atoms with van der Waals surface area (Å²) >= 11 is 18.1. The maximum absolute atomic E-state index is 6.19. The molecule has 0 aliphatic rings. The molecule has 20 heavy (non-hydrogen) atoms. The molecule has 1 heterocycles. The Hall–Kier alpha value is -0.960. The molecule has 0 spiro atoms. The molecule has 2 aromatic rings. The second kappa shape index (κ2) is 6.21. The quantitative estimate of drug-likeness (QED) is 0.664. The molecule has 106 valence electrons. The van der Waals surface area contributed by atoms with Crippen molar-refractivity contribution >= 4 is 34.8 Å². The lowest BCUT2D eigenvalue weighted by Gasteiger charge is -2.18. The van der Waals surface area contributed by atoms with Crippen molar-refractivity contribution in [2.45, 2.75) is 26.9 Å². The lowest BCUT2D eigenvalue weighted by Crippen LogP contribution is -2.06. The van der Waals surface area contributed by atoms with Crippen molar-refractivity contribution in [2.75, 3.05) is 0 Å². The van der Waals surface area contributed by atoms with Gasteiger partial charge in [-0.15, -0.1) is 0 Å². The van der Waals surface area contributed by atoms with Crippen molar-refractivity contribution < 1.29 is 4.74 Å². The minimum Gasteiger partial charge on any atom is -0.486 e. The maximum atomic E-state index is 6.19. The molecule has 0 saturated heterocycles. The number of rotatable bonds is 3. The van der Waals surface area contributed by atoms with Gasteiger partial charge in [0.2, 0.25) is 0 Å². The topological polar surface area (TPSA) is 22.1 Å². The molecule has 5 heteroatoms. The average Bonchev–Trinajstić information content (AvgIpc) is 2.35. The van der Waals surface area contributed by atoms with Crippen LogP contribution >= 0.6 is 34.8 Å². The highest BCUT2D eigenvalue weighted by molar-refractivity contribution is 6.35. The third kappa shape index (κ3) is 3.38. The van der Waals surface area contributed by atoms with E-state index < -0.39 is 0 Å². The summed E-state index contributed by atoms with van der Waals surface area (Å²) in [7, 11) is 0. The van der Waals surface area contributed by atoms with Crippen LogP contribution in [0.1, 0.15) is 29.8 Å². The number of aromatic nitrogens is 1. The van der Waals surface area contributed by atoms with Gasteiger partial charge in [-0.3, -0.25) is 0 Å². The van der Waals surface area contributed by atoms with Crippen LogP contribution in [0.15, 0.2) is 24.3 Å². The predicted molar refractivity (Wildman–Crippen MR) is 84.2 cm³/mol. The largest absolute Gasteiger partial charge is 0.486 e. The maximum Gasteiger partial charge on any atom is 0.133 e. The van der Waals surface area contributed by atoms with Crippen molar-refractivity contribution in [3.05, 3.63) is 56.3 Å². The Morgan fingerprint density at radius 1 is 1.10 bits per heavy atom. The number of hydrogen-bond donors (Lipinski definition) is 0. The Morgan fingerprint density at radius 2 is 1.80 bits per heavy atom. The van der Waals surface area contributed by atoms with Crippen molar-refractivity contribution in [3.63, 3.8) is 0 Å². The molecule has 0 unspecified atom stereocenters. The molecule has 2 rings (SSSR count). The number of halogens is 3. The lowest BCUT2D eigenvalue weighted by atomic mass is 10.1. The van der Waals surface area contributed by atoms with Crippen LogP contribution in [0.25, 0.3) is 0 Å². The van der Waals surface area contributed by atoms with Crippen LogP contribution < -0.4 is 4.74 Å². The van der Waals surface area contributed by atoms with Crippen LogP contribution in [-0.4, -0.2) is 4.98 Å². The molecule has 0 saturated carbocycles. The molecule has 1 atom stereocenters. The normalized spacial score (nSPS) is 12.3. The molecule has 2 nitrogen and oxygen atoms in total. The second-order valence-electron chi connectivity index (χ2n) is 4.58. The lowest BCUT2D eigenvalue weighted by molar-refractivity contribution is 0.225. The Kier molecular flexibility index (Phi) is 4.79. The van der Waals surface area contributed by atoms with Crippen LogP contribution in [0.2, 0.25) is 15.2 Å². The summed E-state index contributed by atoms with van der Waals surface area (Å²) in [5.41, 5.74) is 2.69. The van der Waals surface area contributed by atoms with E-state index in [0.717, 1.165) is 16.8 Å². The second-order valence-corrected chi connectivity index (χ2v) is 5.81. The molecule has 0 aliphatic carbocycles. The molecule has 0 bridgehead atoms. The van der Waals surface area contributed by atoms with Gasteiger partial charge in [-0.1, -0.05) is 40.9 Å². The van der Waals surface area contributed by atoms with Gasteiger partial charge in [-0.25, -0.2) is 4.98 Å². The Morgan fingerprint density at radius 3 is 2.45 bits per heavy atom. The third-order valence-electron chi connectivity index (χ3n) is 3.14. The summed E-state index contributed by atoms with van der Waals surface area (Å²) < 4.78 is 5.96. The molecular weight excluding hydrogens is 317 g/mol. The van der Waals surface area contributed by atoms with Gasteiger partial charge in [0.1, 0.15) is 17.0 Å². The van der Waals surface area contributed by atoms with E-state index in [1.54, 1.807) is 18.2 Å². The molecule has 0 radical (unpaired) electrons. The monoisotopic (exact) mass is 329 g/mol. The fraction of sp³-hybridized carbons (Fsp3) is 0.267. The van der Waals surface area contributed by atoms with E-state index >= 15 is 0 Å². The van der Waals surface area contributed by atoms with Crippen LogP contribution in [0, 0.1) is 13.8 Å². The summed E-state index contributed by atoms with van der Waals surface area (Å²) in [5, 5.41) is 1.60. The van der Waals surface area contributed by atoms with Crippen molar-refractivity contribution in [3.8, 4) is 5.75 Å². The van der Waals surface area contributed by atoms with Gasteiger partial charge < -0.3 is 4.74 Å². The van der Waals surface area contributed by atoms with Gasteiger partial charge in [0.15, 0.2) is 0 Å². The highest BCUT2D eigenvalue weighted by atomic mass is 35.5. The Balaban J connectivity index is 2.30. The zero-order chi connectivity index (χ0) is 14.9. The van der Waals surface area contributed by atoms with E-state index in [1.807, 2.05) is 26.8 Å². The minimum absolute atomic E-state index is 0.212. The summed E-state index contributed by atoms with van der Waals surface area (Å²) in [6.45, 7) is 5.77. The fourth-order valence-electron chi connectivity index (χ4n) is 1.88. The van der Waals surface area contributed by atoms with Crippen LogP contribution in [0.4, 0.5) is 0 Å². The first-order valence-electron chi connectivity index (χ1n) is 6.14. The highest BCUT2D eigenvalue weighted by Gasteiger charge is 2.14. The van der Waals surface area contributed by atoms with E-state index in [2.05, 4.69) is 4.98 Å². The number of pyridine rings is 1. The number of nitrogens with zero attached hydrogens (tertiary/aromatic N) is 1. The summed E-state index contributed by atoms with van der Waals surface area (Å²) in [4.78, 5) is 4.18. The molecular formula is C15H14Cl3NO. The Bertz CT molecular complexity index is 643. The Labute approximate surface area is 133 Å². The fourth-order valence-corrected chi connectivity index (χ4v) is 2.67. The predicted octanol–water partition coefficient (Wildman–Crippen LogP) is 5.80. The van der Waals surface area contributed by atoms with Crippen molar-refractivity contribution in [1.29, 1.82) is 0 Å². The first-order chi connectivity index (χ1) is 9.38. The van der Waals surface area contributed by atoms with Gasteiger partial charge >= 0.3 is 0 Å². The van der Waals surface area contributed by atoms with Gasteiger partial charge in [0.25, 0.3) is 0 Å². The molecule has 0 fully saturated rings. The summed E-state index contributed by atoms with van der Waals surface area (Å²) in [6, 6.07) is 7.07. The average molecular weight is 331 g/mol. The van der Waals surface area contributed by atoms with E-state index in [4.69, 9.17) is 39.5 Å². The van der Waals surface area contributed by atoms with Gasteiger partial charge in [-0.05, 0) is 32.9 Å². The van der Waals surface area contributed by atoms with Crippen molar-refractivity contribution in [2.24, 2.45) is 0 Å². The van der Waals surface area contributed by atoms with E-state index in [-0.39, 0.29) is 6.10 Å². The number of aryl methyl sites for hydroxylation is 1. The third-order valence-corrected chi connectivity index (χ3v) is 3.90. The van der Waals surface area contributed by atoms with Gasteiger partial charge in [-0.2, -0.15) is 0 Å². The molecule has 0 aliphatic heterocycles. The molecule has 1 aromatic carbocycles. The minimum atomic E-state index is -0.212. The zero-order valence-electron chi connectivity index (χ0n) is 11.4. The van der Waals surface area contributed by atoms with Crippen LogP contribution in [-0.2, 0) is 0 Å². The van der Waals surface area contributed by atoms with Gasteiger partial charge in [0, 0.05) is 32.9 Å². The van der Waals surface area contributed by atoms with Crippen LogP contribution in [0.5, 0.6) is 5.75 Å².